The van der Waals surface area contributed by atoms with E-state index < -0.39 is 0 Å². The van der Waals surface area contributed by atoms with Crippen LogP contribution in [-0.4, -0.2) is 61.4 Å². The maximum Gasteiger partial charge on any atom is 0.255 e. The van der Waals surface area contributed by atoms with Crippen LogP contribution < -0.4 is 25.4 Å². The average Bonchev–Trinajstić information content (AvgIpc) is 3.21. The number of nitrogens with one attached hydrogen (secondary N) is 4. The number of anilines is 2. The highest BCUT2D eigenvalue weighted by atomic mass is 35.5. The van der Waals surface area contributed by atoms with E-state index >= 15 is 0 Å². The Balaban J connectivity index is 1.57. The Morgan fingerprint density at radius 3 is 3.00 bits per heavy atom. The summed E-state index contributed by atoms with van der Waals surface area (Å²) in [5, 5.41) is 10.2. The lowest BCUT2D eigenvalue weighted by Gasteiger charge is -2.24. The van der Waals surface area contributed by atoms with Crippen molar-refractivity contribution < 1.29 is 19.0 Å². The van der Waals surface area contributed by atoms with Gasteiger partial charge in [0, 0.05) is 43.0 Å². The van der Waals surface area contributed by atoms with Gasteiger partial charge >= 0.3 is 0 Å². The van der Waals surface area contributed by atoms with Crippen molar-refractivity contribution in [1.82, 2.24) is 20.6 Å². The predicted octanol–water partition coefficient (Wildman–Crippen LogP) is 3.52. The number of hydrogen-bond acceptors (Lipinski definition) is 7. The summed E-state index contributed by atoms with van der Waals surface area (Å²) in [5.74, 6) is 0.936. The van der Waals surface area contributed by atoms with E-state index in [2.05, 4.69) is 25.9 Å². The van der Waals surface area contributed by atoms with Crippen LogP contribution in [0.2, 0.25) is 5.02 Å². The molecule has 2 aromatic heterocycles. The Hall–Kier alpha value is -3.27. The average molecular weight is 498 g/mol. The number of hydrogen-bond donors (Lipinski definition) is 4. The summed E-state index contributed by atoms with van der Waals surface area (Å²) in [4.78, 5) is 20.8. The Morgan fingerprint density at radius 2 is 2.20 bits per heavy atom. The Labute approximate surface area is 208 Å². The molecule has 4 heterocycles. The minimum Gasteiger partial charge on any atom is -0.493 e. The summed E-state index contributed by atoms with van der Waals surface area (Å²) >= 11 is 6.36. The largest absolute Gasteiger partial charge is 0.493 e. The number of aromatic amines is 1. The molecule has 0 radical (unpaired) electrons. The number of fused-ring (bicyclic) bond motifs is 1. The van der Waals surface area contributed by atoms with Crippen LogP contribution in [0.25, 0.3) is 11.3 Å². The highest BCUT2D eigenvalue weighted by Gasteiger charge is 2.31. The molecule has 0 spiro atoms. The maximum absolute atomic E-state index is 13.1. The molecule has 0 aliphatic carbocycles. The number of morpholine rings is 1. The van der Waals surface area contributed by atoms with Gasteiger partial charge in [0.25, 0.3) is 5.91 Å². The number of para-hydroxylation sites is 1. The van der Waals surface area contributed by atoms with Crippen molar-refractivity contribution in [2.45, 2.75) is 25.5 Å². The second kappa shape index (κ2) is 10.2. The van der Waals surface area contributed by atoms with Crippen LogP contribution in [0.1, 0.15) is 23.0 Å². The van der Waals surface area contributed by atoms with E-state index in [1.165, 1.54) is 0 Å². The maximum atomic E-state index is 13.1. The Bertz CT molecular complexity index is 1220. The normalized spacial score (nSPS) is 19.6. The molecule has 4 N–H and O–H groups in total. The highest BCUT2D eigenvalue weighted by molar-refractivity contribution is 6.32. The smallest absolute Gasteiger partial charge is 0.255 e. The number of amides is 1. The fraction of sp³-hybridized carbons (Fsp3) is 0.360. The SMILES string of the molecule is COc1c(Cl)cccc1Nc1c(-c2ccncc2OCC2CNCCO2)[nH]c2c1C(=O)NC(C)C2. The number of nitrogens with zero attached hydrogens (tertiary/aromatic N) is 1. The van der Waals surface area contributed by atoms with Crippen molar-refractivity contribution in [3.63, 3.8) is 0 Å². The van der Waals surface area contributed by atoms with Gasteiger partial charge < -0.3 is 35.1 Å². The first-order valence-electron chi connectivity index (χ1n) is 11.6. The van der Waals surface area contributed by atoms with E-state index in [9.17, 15) is 4.79 Å². The monoisotopic (exact) mass is 497 g/mol. The molecule has 10 heteroatoms. The van der Waals surface area contributed by atoms with Gasteiger partial charge in [0.05, 0.1) is 47.6 Å². The molecular formula is C25H28ClN5O4. The van der Waals surface area contributed by atoms with Crippen molar-refractivity contribution in [1.29, 1.82) is 0 Å². The third-order valence-corrected chi connectivity index (χ3v) is 6.40. The number of methoxy groups -OCH3 is 1. The van der Waals surface area contributed by atoms with E-state index in [0.717, 1.165) is 30.0 Å². The number of benzene rings is 1. The van der Waals surface area contributed by atoms with Crippen LogP contribution in [0.3, 0.4) is 0 Å². The molecule has 2 unspecified atom stereocenters. The minimum absolute atomic E-state index is 0.0131. The molecule has 35 heavy (non-hydrogen) atoms. The van der Waals surface area contributed by atoms with Gasteiger partial charge in [-0.1, -0.05) is 17.7 Å². The van der Waals surface area contributed by atoms with Crippen molar-refractivity contribution in [2.24, 2.45) is 0 Å². The number of carbonyl (C=O) groups excluding carboxylic acids is 1. The van der Waals surface area contributed by atoms with E-state index in [4.69, 9.17) is 25.8 Å². The first-order valence-corrected chi connectivity index (χ1v) is 12.0. The van der Waals surface area contributed by atoms with Crippen molar-refractivity contribution in [3.8, 4) is 22.8 Å². The predicted molar refractivity (Wildman–Crippen MR) is 134 cm³/mol. The molecule has 3 aromatic rings. The van der Waals surface area contributed by atoms with Crippen molar-refractivity contribution in [3.05, 3.63) is 52.9 Å². The van der Waals surface area contributed by atoms with Gasteiger partial charge in [-0.2, -0.15) is 0 Å². The molecule has 2 aliphatic rings. The lowest BCUT2D eigenvalue weighted by atomic mass is 10.0. The Kier molecular flexibility index (Phi) is 6.81. The van der Waals surface area contributed by atoms with Gasteiger partial charge in [-0.05, 0) is 25.1 Å². The third kappa shape index (κ3) is 4.80. The third-order valence-electron chi connectivity index (χ3n) is 6.11. The number of H-pyrrole nitrogens is 1. The summed E-state index contributed by atoms with van der Waals surface area (Å²) in [6.07, 6.45) is 4.00. The molecule has 0 saturated carbocycles. The summed E-state index contributed by atoms with van der Waals surface area (Å²) in [7, 11) is 1.56. The van der Waals surface area contributed by atoms with Gasteiger partial charge in [0.2, 0.25) is 0 Å². The van der Waals surface area contributed by atoms with Crippen LogP contribution >= 0.6 is 11.6 Å². The van der Waals surface area contributed by atoms with Crippen LogP contribution in [0, 0.1) is 0 Å². The summed E-state index contributed by atoms with van der Waals surface area (Å²) in [5.41, 5.74) is 4.18. The summed E-state index contributed by atoms with van der Waals surface area (Å²) in [6, 6.07) is 7.32. The number of pyridine rings is 1. The molecule has 1 saturated heterocycles. The van der Waals surface area contributed by atoms with Gasteiger partial charge in [-0.3, -0.25) is 9.78 Å². The zero-order valence-electron chi connectivity index (χ0n) is 19.6. The molecule has 1 amide bonds. The molecule has 2 aliphatic heterocycles. The zero-order valence-corrected chi connectivity index (χ0v) is 20.4. The first kappa shape index (κ1) is 23.5. The molecule has 184 valence electrons. The van der Waals surface area contributed by atoms with E-state index in [0.29, 0.717) is 53.1 Å². The molecule has 9 nitrogen and oxygen atoms in total. The lowest BCUT2D eigenvalue weighted by Crippen LogP contribution is -2.41. The topological polar surface area (TPSA) is 110 Å². The lowest BCUT2D eigenvalue weighted by molar-refractivity contribution is 0.000245. The van der Waals surface area contributed by atoms with Crippen molar-refractivity contribution in [2.75, 3.05) is 38.7 Å². The summed E-state index contributed by atoms with van der Waals surface area (Å²) < 4.78 is 17.5. The zero-order chi connectivity index (χ0) is 24.4. The quantitative estimate of drug-likeness (QED) is 0.395. The molecule has 1 aromatic carbocycles. The minimum atomic E-state index is -0.150. The molecular weight excluding hydrogens is 470 g/mol. The Morgan fingerprint density at radius 1 is 1.31 bits per heavy atom. The number of halogens is 1. The van der Waals surface area contributed by atoms with Crippen LogP contribution in [0.4, 0.5) is 11.4 Å². The highest BCUT2D eigenvalue weighted by Crippen LogP contribution is 2.43. The number of rotatable bonds is 7. The second-order valence-corrected chi connectivity index (χ2v) is 9.04. The van der Waals surface area contributed by atoms with Gasteiger partial charge in [0.15, 0.2) is 5.75 Å². The second-order valence-electron chi connectivity index (χ2n) is 8.63. The number of ether oxygens (including phenoxy) is 3. The van der Waals surface area contributed by atoms with Crippen molar-refractivity contribution >= 4 is 28.9 Å². The van der Waals surface area contributed by atoms with Gasteiger partial charge in [-0.25, -0.2) is 0 Å². The molecule has 0 bridgehead atoms. The van der Waals surface area contributed by atoms with Crippen LogP contribution in [-0.2, 0) is 11.2 Å². The van der Waals surface area contributed by atoms with Gasteiger partial charge in [-0.15, -0.1) is 0 Å². The fourth-order valence-electron chi connectivity index (χ4n) is 4.50. The first-order chi connectivity index (χ1) is 17.0. The molecule has 2 atom stereocenters. The summed E-state index contributed by atoms with van der Waals surface area (Å²) in [6.45, 7) is 4.58. The fourth-order valence-corrected chi connectivity index (χ4v) is 4.75. The van der Waals surface area contributed by atoms with E-state index in [1.807, 2.05) is 25.1 Å². The number of carbonyl (C=O) groups is 1. The van der Waals surface area contributed by atoms with E-state index in [-0.39, 0.29) is 18.1 Å². The van der Waals surface area contributed by atoms with E-state index in [1.54, 1.807) is 25.6 Å². The van der Waals surface area contributed by atoms with Crippen LogP contribution in [0.15, 0.2) is 36.7 Å². The standard InChI is InChI=1S/C25H28ClN5O4/c1-14-10-19-21(25(32)29-14)23(30-18-5-3-4-17(26)24(18)33-2)22(31-19)16-6-7-27-12-20(16)35-13-15-11-28-8-9-34-15/h3-7,12,14-15,28,30-31H,8-11,13H2,1-2H3,(H,29,32). The molecule has 1 fully saturated rings. The van der Waals surface area contributed by atoms with Crippen LogP contribution in [0.5, 0.6) is 11.5 Å². The number of aromatic nitrogens is 2. The van der Waals surface area contributed by atoms with Gasteiger partial charge in [0.1, 0.15) is 18.5 Å². The molecule has 5 rings (SSSR count).